The quantitative estimate of drug-likeness (QED) is 0.782. The van der Waals surface area contributed by atoms with Gasteiger partial charge in [-0.15, -0.1) is 0 Å². The van der Waals surface area contributed by atoms with E-state index in [0.29, 0.717) is 11.1 Å². The van der Waals surface area contributed by atoms with Gasteiger partial charge in [-0.05, 0) is 29.8 Å². The van der Waals surface area contributed by atoms with Crippen molar-refractivity contribution in [2.45, 2.75) is 6.42 Å². The summed E-state index contributed by atoms with van der Waals surface area (Å²) in [6, 6.07) is 7.64. The van der Waals surface area contributed by atoms with E-state index in [1.54, 1.807) is 30.6 Å². The molecule has 4 heteroatoms. The third-order valence-electron chi connectivity index (χ3n) is 2.35. The lowest BCUT2D eigenvalue weighted by Crippen LogP contribution is -2.03. The van der Waals surface area contributed by atoms with Crippen LogP contribution in [0.5, 0.6) is 0 Å². The molecule has 0 amide bonds. The lowest BCUT2D eigenvalue weighted by atomic mass is 10.0. The van der Waals surface area contributed by atoms with E-state index in [0.717, 1.165) is 0 Å². The van der Waals surface area contributed by atoms with Gasteiger partial charge in [-0.2, -0.15) is 0 Å². The van der Waals surface area contributed by atoms with E-state index in [2.05, 4.69) is 4.98 Å². The number of pyridine rings is 1. The average molecular weight is 250 g/mol. The second-order valence-corrected chi connectivity index (χ2v) is 3.99. The third-order valence-corrected chi connectivity index (χ3v) is 2.66. The molecule has 0 bridgehead atoms. The van der Waals surface area contributed by atoms with Crippen LogP contribution in [0.4, 0.5) is 4.39 Å². The third kappa shape index (κ3) is 2.88. The minimum Gasteiger partial charge on any atom is -0.294 e. The summed E-state index contributed by atoms with van der Waals surface area (Å²) in [5, 5.41) is 0.0603. The molecule has 1 heterocycles. The van der Waals surface area contributed by atoms with E-state index >= 15 is 0 Å². The van der Waals surface area contributed by atoms with E-state index < -0.39 is 5.82 Å². The molecular weight excluding hydrogens is 241 g/mol. The highest BCUT2D eigenvalue weighted by molar-refractivity contribution is 6.30. The Morgan fingerprint density at radius 1 is 1.24 bits per heavy atom. The number of ketones is 1. The molecule has 0 atom stereocenters. The summed E-state index contributed by atoms with van der Waals surface area (Å²) in [5.41, 5.74) is 1.17. The van der Waals surface area contributed by atoms with Crippen molar-refractivity contribution < 1.29 is 9.18 Å². The number of benzene rings is 1. The lowest BCUT2D eigenvalue weighted by Gasteiger charge is -2.02. The molecule has 2 nitrogen and oxygen atoms in total. The predicted octanol–water partition coefficient (Wildman–Crippen LogP) is 3.30. The fraction of sp³-hybridized carbons (Fsp3) is 0.0769. The molecule has 2 rings (SSSR count). The first-order valence-corrected chi connectivity index (χ1v) is 5.42. The van der Waals surface area contributed by atoms with Gasteiger partial charge in [0.25, 0.3) is 0 Å². The molecule has 0 aliphatic heterocycles. The average Bonchev–Trinajstić information content (AvgIpc) is 2.35. The van der Waals surface area contributed by atoms with Crippen LogP contribution in [0, 0.1) is 5.82 Å². The van der Waals surface area contributed by atoms with Crippen LogP contribution in [0.3, 0.4) is 0 Å². The molecule has 0 N–H and O–H groups in total. The summed E-state index contributed by atoms with van der Waals surface area (Å²) in [5.74, 6) is -0.583. The summed E-state index contributed by atoms with van der Waals surface area (Å²) in [4.78, 5) is 15.7. The maximum Gasteiger partial charge on any atom is 0.167 e. The van der Waals surface area contributed by atoms with Gasteiger partial charge in [0.15, 0.2) is 5.78 Å². The Morgan fingerprint density at radius 2 is 1.94 bits per heavy atom. The Kier molecular flexibility index (Phi) is 3.49. The van der Waals surface area contributed by atoms with Gasteiger partial charge in [-0.1, -0.05) is 17.7 Å². The number of carbonyl (C=O) groups excluding carboxylic acids is 1. The normalized spacial score (nSPS) is 10.2. The summed E-state index contributed by atoms with van der Waals surface area (Å²) < 4.78 is 13.2. The summed E-state index contributed by atoms with van der Waals surface area (Å²) in [6.07, 6.45) is 3.25. The largest absolute Gasteiger partial charge is 0.294 e. The van der Waals surface area contributed by atoms with Crippen LogP contribution in [0.25, 0.3) is 0 Å². The van der Waals surface area contributed by atoms with Gasteiger partial charge >= 0.3 is 0 Å². The highest BCUT2D eigenvalue weighted by Crippen LogP contribution is 2.16. The second kappa shape index (κ2) is 5.06. The monoisotopic (exact) mass is 249 g/mol. The molecule has 17 heavy (non-hydrogen) atoms. The molecule has 0 saturated heterocycles. The number of carbonyl (C=O) groups is 1. The number of hydrogen-bond donors (Lipinski definition) is 0. The van der Waals surface area contributed by atoms with Crippen molar-refractivity contribution in [1.82, 2.24) is 4.98 Å². The highest BCUT2D eigenvalue weighted by Gasteiger charge is 2.08. The van der Waals surface area contributed by atoms with Crippen molar-refractivity contribution in [3.05, 3.63) is 64.7 Å². The van der Waals surface area contributed by atoms with Crippen molar-refractivity contribution in [3.63, 3.8) is 0 Å². The number of rotatable bonds is 3. The highest BCUT2D eigenvalue weighted by atomic mass is 35.5. The first-order chi connectivity index (χ1) is 8.16. The van der Waals surface area contributed by atoms with Gasteiger partial charge in [0.05, 0.1) is 5.02 Å². The minimum atomic E-state index is -0.508. The zero-order valence-corrected chi connectivity index (χ0v) is 9.62. The second-order valence-electron chi connectivity index (χ2n) is 3.58. The van der Waals surface area contributed by atoms with E-state index in [1.807, 2.05) is 0 Å². The van der Waals surface area contributed by atoms with Gasteiger partial charge in [0.1, 0.15) is 5.82 Å². The Balaban J connectivity index is 2.16. The number of halogens is 2. The molecule has 86 valence electrons. The van der Waals surface area contributed by atoms with Crippen LogP contribution in [-0.2, 0) is 6.42 Å². The van der Waals surface area contributed by atoms with Gasteiger partial charge in [0, 0.05) is 24.4 Å². The maximum absolute atomic E-state index is 13.2. The molecule has 0 spiro atoms. The number of nitrogens with zero attached hydrogens (tertiary/aromatic N) is 1. The van der Waals surface area contributed by atoms with Gasteiger partial charge in [0.2, 0.25) is 0 Å². The van der Waals surface area contributed by atoms with Gasteiger partial charge in [-0.25, -0.2) is 4.39 Å². The molecule has 0 unspecified atom stereocenters. The van der Waals surface area contributed by atoms with Crippen LogP contribution < -0.4 is 0 Å². The van der Waals surface area contributed by atoms with Gasteiger partial charge in [-0.3, -0.25) is 9.78 Å². The molecule has 0 aliphatic rings. The number of hydrogen-bond acceptors (Lipinski definition) is 2. The van der Waals surface area contributed by atoms with E-state index in [4.69, 9.17) is 11.6 Å². The van der Waals surface area contributed by atoms with E-state index in [1.165, 1.54) is 12.1 Å². The number of aromatic nitrogens is 1. The fourth-order valence-electron chi connectivity index (χ4n) is 1.47. The Labute approximate surface area is 103 Å². The molecular formula is C13H9ClFNO. The van der Waals surface area contributed by atoms with E-state index in [-0.39, 0.29) is 17.2 Å². The minimum absolute atomic E-state index is 0.0603. The molecule has 0 saturated carbocycles. The summed E-state index contributed by atoms with van der Waals surface area (Å²) in [6.45, 7) is 0. The van der Waals surface area contributed by atoms with Crippen molar-refractivity contribution in [2.24, 2.45) is 0 Å². The predicted molar refractivity (Wildman–Crippen MR) is 63.7 cm³/mol. The van der Waals surface area contributed by atoms with E-state index in [9.17, 15) is 9.18 Å². The molecule has 0 radical (unpaired) electrons. The first kappa shape index (κ1) is 11.7. The molecule has 1 aromatic heterocycles. The molecule has 0 aliphatic carbocycles. The molecule has 0 fully saturated rings. The van der Waals surface area contributed by atoms with Gasteiger partial charge < -0.3 is 0 Å². The van der Waals surface area contributed by atoms with Crippen LogP contribution in [0.2, 0.25) is 5.02 Å². The van der Waals surface area contributed by atoms with Crippen molar-refractivity contribution >= 4 is 17.4 Å². The van der Waals surface area contributed by atoms with Crippen molar-refractivity contribution in [2.75, 3.05) is 0 Å². The summed E-state index contributed by atoms with van der Waals surface area (Å²) in [7, 11) is 0. The zero-order valence-electron chi connectivity index (χ0n) is 8.86. The Bertz CT molecular complexity index is 542. The van der Waals surface area contributed by atoms with Crippen molar-refractivity contribution in [1.29, 1.82) is 0 Å². The first-order valence-electron chi connectivity index (χ1n) is 5.04. The van der Waals surface area contributed by atoms with Crippen LogP contribution in [0.15, 0.2) is 42.7 Å². The zero-order chi connectivity index (χ0) is 12.3. The van der Waals surface area contributed by atoms with Crippen LogP contribution in [0.1, 0.15) is 15.9 Å². The van der Waals surface area contributed by atoms with Crippen LogP contribution in [-0.4, -0.2) is 10.8 Å². The smallest absolute Gasteiger partial charge is 0.167 e. The lowest BCUT2D eigenvalue weighted by molar-refractivity contribution is 0.0993. The maximum atomic E-state index is 13.2. The fourth-order valence-corrected chi connectivity index (χ4v) is 1.59. The topological polar surface area (TPSA) is 30.0 Å². The SMILES string of the molecule is O=C(Cc1ccc(Cl)c(F)c1)c1ccncc1. The molecule has 1 aromatic carbocycles. The standard InChI is InChI=1S/C13H9ClFNO/c14-11-2-1-9(7-12(11)15)8-13(17)10-3-5-16-6-4-10/h1-7H,8H2. The summed E-state index contributed by atoms with van der Waals surface area (Å²) >= 11 is 5.57. The van der Waals surface area contributed by atoms with Crippen molar-refractivity contribution in [3.8, 4) is 0 Å². The number of Topliss-reactive ketones (excluding diaryl/α,β-unsaturated/α-hetero) is 1. The Morgan fingerprint density at radius 3 is 2.59 bits per heavy atom. The van der Waals surface area contributed by atoms with Crippen LogP contribution >= 0.6 is 11.6 Å². The molecule has 2 aromatic rings. The Hall–Kier alpha value is -1.74.